The smallest absolute Gasteiger partial charge is 0.136 e. The SMILES string of the molecule is CC(C)(C)N1CCC2C(=O)CCC2C1. The molecule has 0 bridgehead atoms. The van der Waals surface area contributed by atoms with Crippen molar-refractivity contribution >= 4 is 5.78 Å². The van der Waals surface area contributed by atoms with Gasteiger partial charge in [0, 0.05) is 24.4 Å². The molecule has 0 aromatic carbocycles. The fourth-order valence-electron chi connectivity index (χ4n) is 2.87. The number of nitrogens with zero attached hydrogens (tertiary/aromatic N) is 1. The van der Waals surface area contributed by atoms with E-state index in [1.165, 1.54) is 0 Å². The first-order valence-corrected chi connectivity index (χ1v) is 5.76. The van der Waals surface area contributed by atoms with Crippen LogP contribution in [-0.2, 0) is 4.79 Å². The van der Waals surface area contributed by atoms with Gasteiger partial charge in [-0.25, -0.2) is 0 Å². The standard InChI is InChI=1S/C12H21NO/c1-12(2,3)13-7-6-10-9(8-13)4-5-11(10)14/h9-10H,4-8H2,1-3H3. The number of hydrogen-bond donors (Lipinski definition) is 0. The highest BCUT2D eigenvalue weighted by molar-refractivity contribution is 5.83. The Morgan fingerprint density at radius 3 is 2.64 bits per heavy atom. The van der Waals surface area contributed by atoms with Gasteiger partial charge < -0.3 is 0 Å². The third kappa shape index (κ3) is 1.72. The van der Waals surface area contributed by atoms with Gasteiger partial charge >= 0.3 is 0 Å². The van der Waals surface area contributed by atoms with Gasteiger partial charge in [0.05, 0.1) is 0 Å². The Morgan fingerprint density at radius 1 is 1.29 bits per heavy atom. The van der Waals surface area contributed by atoms with Gasteiger partial charge in [-0.1, -0.05) is 0 Å². The van der Waals surface area contributed by atoms with E-state index in [-0.39, 0.29) is 5.54 Å². The molecular weight excluding hydrogens is 174 g/mol. The highest BCUT2D eigenvalue weighted by Crippen LogP contribution is 2.37. The fourth-order valence-corrected chi connectivity index (χ4v) is 2.87. The van der Waals surface area contributed by atoms with Crippen LogP contribution in [-0.4, -0.2) is 29.3 Å². The van der Waals surface area contributed by atoms with Crippen LogP contribution in [0.1, 0.15) is 40.0 Å². The van der Waals surface area contributed by atoms with Gasteiger partial charge in [0.1, 0.15) is 5.78 Å². The first-order valence-electron chi connectivity index (χ1n) is 5.76. The van der Waals surface area contributed by atoms with Crippen LogP contribution in [0.5, 0.6) is 0 Å². The predicted octanol–water partition coefficient (Wildman–Crippen LogP) is 2.09. The number of carbonyl (C=O) groups is 1. The van der Waals surface area contributed by atoms with Gasteiger partial charge in [-0.3, -0.25) is 9.69 Å². The number of ketones is 1. The summed E-state index contributed by atoms with van der Waals surface area (Å²) in [6.07, 6.45) is 3.07. The predicted molar refractivity (Wildman–Crippen MR) is 57.2 cm³/mol. The van der Waals surface area contributed by atoms with Crippen LogP contribution in [0.25, 0.3) is 0 Å². The van der Waals surface area contributed by atoms with Crippen LogP contribution in [0, 0.1) is 11.8 Å². The number of hydrogen-bond acceptors (Lipinski definition) is 2. The third-order valence-electron chi connectivity index (χ3n) is 3.86. The van der Waals surface area contributed by atoms with E-state index in [0.29, 0.717) is 17.6 Å². The van der Waals surface area contributed by atoms with Crippen LogP contribution >= 0.6 is 0 Å². The second-order valence-electron chi connectivity index (χ2n) is 5.78. The van der Waals surface area contributed by atoms with Gasteiger partial charge in [-0.2, -0.15) is 0 Å². The van der Waals surface area contributed by atoms with E-state index in [9.17, 15) is 4.79 Å². The van der Waals surface area contributed by atoms with Gasteiger partial charge in [0.25, 0.3) is 0 Å². The van der Waals surface area contributed by atoms with Crippen molar-refractivity contribution in [1.29, 1.82) is 0 Å². The topological polar surface area (TPSA) is 20.3 Å². The lowest BCUT2D eigenvalue weighted by atomic mass is 9.86. The van der Waals surface area contributed by atoms with Crippen molar-refractivity contribution in [1.82, 2.24) is 4.90 Å². The Bertz CT molecular complexity index is 241. The van der Waals surface area contributed by atoms with E-state index in [1.807, 2.05) is 0 Å². The normalized spacial score (nSPS) is 34.6. The quantitative estimate of drug-likeness (QED) is 0.590. The Balaban J connectivity index is 2.03. The van der Waals surface area contributed by atoms with Crippen LogP contribution in [0.15, 0.2) is 0 Å². The number of likely N-dealkylation sites (tertiary alicyclic amines) is 1. The van der Waals surface area contributed by atoms with E-state index in [0.717, 1.165) is 32.4 Å². The van der Waals surface area contributed by atoms with Crippen LogP contribution in [0.3, 0.4) is 0 Å². The molecule has 2 fully saturated rings. The molecular formula is C12H21NO. The maximum absolute atomic E-state index is 11.5. The molecule has 0 radical (unpaired) electrons. The molecule has 2 aliphatic rings. The number of rotatable bonds is 0. The lowest BCUT2D eigenvalue weighted by Gasteiger charge is -2.42. The maximum atomic E-state index is 11.5. The molecule has 0 N–H and O–H groups in total. The second kappa shape index (κ2) is 3.34. The molecule has 80 valence electrons. The molecule has 1 aliphatic carbocycles. The lowest BCUT2D eigenvalue weighted by molar-refractivity contribution is -0.122. The molecule has 0 aromatic heterocycles. The summed E-state index contributed by atoms with van der Waals surface area (Å²) in [4.78, 5) is 14.1. The molecule has 2 heteroatoms. The number of Topliss-reactive ketones (excluding diaryl/α,β-unsaturated/α-hetero) is 1. The molecule has 0 spiro atoms. The minimum atomic E-state index is 0.274. The summed E-state index contributed by atoms with van der Waals surface area (Å²) < 4.78 is 0. The van der Waals surface area contributed by atoms with Crippen molar-refractivity contribution in [2.45, 2.75) is 45.6 Å². The average Bonchev–Trinajstić information content (AvgIpc) is 2.46. The molecule has 2 atom stereocenters. The summed E-state index contributed by atoms with van der Waals surface area (Å²) in [7, 11) is 0. The minimum Gasteiger partial charge on any atom is -0.299 e. The first kappa shape index (κ1) is 10.2. The van der Waals surface area contributed by atoms with Crippen molar-refractivity contribution in [2.75, 3.05) is 13.1 Å². The zero-order chi connectivity index (χ0) is 10.3. The first-order chi connectivity index (χ1) is 6.48. The summed E-state index contributed by atoms with van der Waals surface area (Å²) in [5, 5.41) is 0. The van der Waals surface area contributed by atoms with E-state index in [1.54, 1.807) is 0 Å². The maximum Gasteiger partial charge on any atom is 0.136 e. The molecule has 0 amide bonds. The molecule has 0 aromatic rings. The summed E-state index contributed by atoms with van der Waals surface area (Å²) >= 11 is 0. The lowest BCUT2D eigenvalue weighted by Crippen LogP contribution is -2.49. The minimum absolute atomic E-state index is 0.274. The third-order valence-corrected chi connectivity index (χ3v) is 3.86. The summed E-state index contributed by atoms with van der Waals surface area (Å²) in [6, 6.07) is 0. The fraction of sp³-hybridized carbons (Fsp3) is 0.917. The number of piperidine rings is 1. The van der Waals surface area contributed by atoms with Crippen LogP contribution in [0.2, 0.25) is 0 Å². The van der Waals surface area contributed by atoms with Crippen molar-refractivity contribution in [3.05, 3.63) is 0 Å². The highest BCUT2D eigenvalue weighted by atomic mass is 16.1. The molecule has 14 heavy (non-hydrogen) atoms. The number of fused-ring (bicyclic) bond motifs is 1. The average molecular weight is 195 g/mol. The molecule has 2 rings (SSSR count). The van der Waals surface area contributed by atoms with Crippen molar-refractivity contribution in [2.24, 2.45) is 11.8 Å². The Hall–Kier alpha value is -0.370. The Kier molecular flexibility index (Phi) is 2.42. The largest absolute Gasteiger partial charge is 0.299 e. The molecule has 1 saturated carbocycles. The molecule has 1 heterocycles. The van der Waals surface area contributed by atoms with E-state index >= 15 is 0 Å². The van der Waals surface area contributed by atoms with Gasteiger partial charge in [-0.05, 0) is 46.1 Å². The zero-order valence-electron chi connectivity index (χ0n) is 9.55. The Labute approximate surface area is 86.7 Å². The van der Waals surface area contributed by atoms with Gasteiger partial charge in [-0.15, -0.1) is 0 Å². The molecule has 1 aliphatic heterocycles. The van der Waals surface area contributed by atoms with E-state index in [4.69, 9.17) is 0 Å². The number of carbonyl (C=O) groups excluding carboxylic acids is 1. The molecule has 1 saturated heterocycles. The molecule has 2 nitrogen and oxygen atoms in total. The van der Waals surface area contributed by atoms with E-state index in [2.05, 4.69) is 25.7 Å². The van der Waals surface area contributed by atoms with E-state index < -0.39 is 0 Å². The van der Waals surface area contributed by atoms with Crippen molar-refractivity contribution in [3.8, 4) is 0 Å². The monoisotopic (exact) mass is 195 g/mol. The highest BCUT2D eigenvalue weighted by Gasteiger charge is 2.40. The van der Waals surface area contributed by atoms with Gasteiger partial charge in [0.15, 0.2) is 0 Å². The molecule has 2 unspecified atom stereocenters. The van der Waals surface area contributed by atoms with Crippen LogP contribution in [0.4, 0.5) is 0 Å². The summed E-state index contributed by atoms with van der Waals surface area (Å²) in [6.45, 7) is 9.05. The zero-order valence-corrected chi connectivity index (χ0v) is 9.55. The van der Waals surface area contributed by atoms with Gasteiger partial charge in [0.2, 0.25) is 0 Å². The van der Waals surface area contributed by atoms with Crippen molar-refractivity contribution < 1.29 is 4.79 Å². The Morgan fingerprint density at radius 2 is 2.00 bits per heavy atom. The summed E-state index contributed by atoms with van der Waals surface area (Å²) in [5.41, 5.74) is 0.274. The van der Waals surface area contributed by atoms with Crippen LogP contribution < -0.4 is 0 Å². The van der Waals surface area contributed by atoms with Crippen molar-refractivity contribution in [3.63, 3.8) is 0 Å². The summed E-state index contributed by atoms with van der Waals surface area (Å²) in [5.74, 6) is 1.60. The second-order valence-corrected chi connectivity index (χ2v) is 5.78.